The molecule has 3 N–H and O–H groups in total. The number of ether oxygens (including phenoxy) is 1. The summed E-state index contributed by atoms with van der Waals surface area (Å²) < 4.78 is 10.4. The Labute approximate surface area is 156 Å². The maximum atomic E-state index is 12.4. The van der Waals surface area contributed by atoms with Gasteiger partial charge in [0, 0.05) is 36.0 Å². The lowest BCUT2D eigenvalue weighted by Crippen LogP contribution is -2.14. The van der Waals surface area contributed by atoms with Gasteiger partial charge in [0.05, 0.1) is 12.7 Å². The standard InChI is InChI=1S/C20H24O7/c1-6-14-10(4)18(23)12(20(25)27-14)7-11-15(26-5)8-13(21)16(19(11)24)17(22)9(2)3/h8-9,21,23-24H,6-7H2,1-5H3. The number of rotatable bonds is 6. The van der Waals surface area contributed by atoms with Crippen LogP contribution in [-0.4, -0.2) is 28.2 Å². The Bertz CT molecular complexity index is 939. The van der Waals surface area contributed by atoms with Crippen molar-refractivity contribution in [2.75, 3.05) is 7.11 Å². The first-order chi connectivity index (χ1) is 12.6. The fourth-order valence-corrected chi connectivity index (χ4v) is 2.93. The summed E-state index contributed by atoms with van der Waals surface area (Å²) in [7, 11) is 1.33. The van der Waals surface area contributed by atoms with Crippen LogP contribution in [0.2, 0.25) is 0 Å². The van der Waals surface area contributed by atoms with E-state index < -0.39 is 28.8 Å². The van der Waals surface area contributed by atoms with Crippen molar-refractivity contribution in [2.24, 2.45) is 5.92 Å². The largest absolute Gasteiger partial charge is 0.507 e. The molecule has 7 nitrogen and oxygen atoms in total. The number of carbonyl (C=O) groups is 1. The molecule has 0 bridgehead atoms. The smallest absolute Gasteiger partial charge is 0.343 e. The minimum absolute atomic E-state index is 0.0630. The molecule has 0 radical (unpaired) electrons. The maximum absolute atomic E-state index is 12.4. The van der Waals surface area contributed by atoms with Crippen LogP contribution in [0, 0.1) is 12.8 Å². The zero-order valence-corrected chi connectivity index (χ0v) is 16.0. The number of phenolic OH excluding ortho intramolecular Hbond substituents is 2. The highest BCUT2D eigenvalue weighted by Crippen LogP contribution is 2.41. The van der Waals surface area contributed by atoms with Crippen LogP contribution < -0.4 is 10.4 Å². The van der Waals surface area contributed by atoms with E-state index in [1.54, 1.807) is 27.7 Å². The molecule has 7 heteroatoms. The fraction of sp³-hybridized carbons (Fsp3) is 0.400. The van der Waals surface area contributed by atoms with E-state index in [1.807, 2.05) is 0 Å². The molecule has 0 saturated heterocycles. The quantitative estimate of drug-likeness (QED) is 0.663. The zero-order chi connectivity index (χ0) is 20.5. The molecule has 0 amide bonds. The number of hydrogen-bond acceptors (Lipinski definition) is 7. The number of carbonyl (C=O) groups excluding carboxylic acids is 1. The van der Waals surface area contributed by atoms with Crippen molar-refractivity contribution in [3.8, 4) is 23.0 Å². The van der Waals surface area contributed by atoms with Gasteiger partial charge in [0.25, 0.3) is 0 Å². The molecule has 0 unspecified atom stereocenters. The van der Waals surface area contributed by atoms with Crippen molar-refractivity contribution >= 4 is 5.78 Å². The van der Waals surface area contributed by atoms with Gasteiger partial charge in [-0.1, -0.05) is 20.8 Å². The first-order valence-electron chi connectivity index (χ1n) is 8.64. The third-order valence-corrected chi connectivity index (χ3v) is 4.53. The van der Waals surface area contributed by atoms with Crippen molar-refractivity contribution in [3.05, 3.63) is 44.5 Å². The van der Waals surface area contributed by atoms with Crippen LogP contribution in [-0.2, 0) is 12.8 Å². The number of methoxy groups -OCH3 is 1. The summed E-state index contributed by atoms with van der Waals surface area (Å²) >= 11 is 0. The Hall–Kier alpha value is -2.96. The highest BCUT2D eigenvalue weighted by molar-refractivity contribution is 6.03. The van der Waals surface area contributed by atoms with E-state index in [9.17, 15) is 24.9 Å². The van der Waals surface area contributed by atoms with Gasteiger partial charge in [0.1, 0.15) is 34.3 Å². The molecule has 0 atom stereocenters. The third kappa shape index (κ3) is 3.63. The number of benzene rings is 1. The van der Waals surface area contributed by atoms with E-state index in [1.165, 1.54) is 13.2 Å². The summed E-state index contributed by atoms with van der Waals surface area (Å²) in [5.74, 6) is -1.59. The molecule has 1 aromatic carbocycles. The van der Waals surface area contributed by atoms with E-state index in [2.05, 4.69) is 0 Å². The van der Waals surface area contributed by atoms with Crippen LogP contribution in [0.15, 0.2) is 15.3 Å². The molecule has 1 heterocycles. The van der Waals surface area contributed by atoms with E-state index >= 15 is 0 Å². The summed E-state index contributed by atoms with van der Waals surface area (Å²) in [6.45, 7) is 6.70. The lowest BCUT2D eigenvalue weighted by Gasteiger charge is -2.17. The second-order valence-corrected chi connectivity index (χ2v) is 6.61. The van der Waals surface area contributed by atoms with Crippen molar-refractivity contribution in [1.82, 2.24) is 0 Å². The Balaban J connectivity index is 2.70. The predicted molar refractivity (Wildman–Crippen MR) is 99.1 cm³/mol. The van der Waals surface area contributed by atoms with Crippen LogP contribution in [0.4, 0.5) is 0 Å². The van der Waals surface area contributed by atoms with E-state index in [0.29, 0.717) is 17.7 Å². The van der Waals surface area contributed by atoms with Gasteiger partial charge in [-0.15, -0.1) is 0 Å². The van der Waals surface area contributed by atoms with Crippen LogP contribution in [0.5, 0.6) is 23.0 Å². The Morgan fingerprint density at radius 2 is 1.81 bits per heavy atom. The second-order valence-electron chi connectivity index (χ2n) is 6.61. The number of ketones is 1. The molecule has 1 aromatic heterocycles. The summed E-state index contributed by atoms with van der Waals surface area (Å²) in [6, 6.07) is 1.20. The van der Waals surface area contributed by atoms with E-state index in [-0.39, 0.29) is 34.6 Å². The van der Waals surface area contributed by atoms with E-state index in [4.69, 9.17) is 9.15 Å². The summed E-state index contributed by atoms with van der Waals surface area (Å²) in [4.78, 5) is 24.7. The molecular weight excluding hydrogens is 352 g/mol. The van der Waals surface area contributed by atoms with Crippen molar-refractivity contribution in [2.45, 2.75) is 40.5 Å². The van der Waals surface area contributed by atoms with Gasteiger partial charge in [0.15, 0.2) is 5.78 Å². The topological polar surface area (TPSA) is 117 Å². The van der Waals surface area contributed by atoms with Crippen LogP contribution in [0.1, 0.15) is 53.6 Å². The Morgan fingerprint density at radius 1 is 1.19 bits per heavy atom. The third-order valence-electron chi connectivity index (χ3n) is 4.53. The van der Waals surface area contributed by atoms with Gasteiger partial charge >= 0.3 is 5.63 Å². The van der Waals surface area contributed by atoms with Gasteiger partial charge in [-0.3, -0.25) is 4.79 Å². The molecule has 0 aliphatic carbocycles. The fourth-order valence-electron chi connectivity index (χ4n) is 2.93. The molecule has 0 fully saturated rings. The predicted octanol–water partition coefficient (Wildman–Crippen LogP) is 3.07. The monoisotopic (exact) mass is 376 g/mol. The average Bonchev–Trinajstić information content (AvgIpc) is 2.62. The number of Topliss-reactive ketones (excluding diaryl/α,β-unsaturated/α-hetero) is 1. The van der Waals surface area contributed by atoms with Gasteiger partial charge in [0.2, 0.25) is 0 Å². The van der Waals surface area contributed by atoms with Gasteiger partial charge in [-0.05, 0) is 6.92 Å². The molecule has 0 aliphatic heterocycles. The average molecular weight is 376 g/mol. The molecular formula is C20H24O7. The first kappa shape index (κ1) is 20.4. The normalized spacial score (nSPS) is 11.0. The summed E-state index contributed by atoms with van der Waals surface area (Å²) in [5.41, 5.74) is -0.506. The Morgan fingerprint density at radius 3 is 2.33 bits per heavy atom. The summed E-state index contributed by atoms with van der Waals surface area (Å²) in [6.07, 6.45) is 0.211. The van der Waals surface area contributed by atoms with Crippen molar-refractivity contribution in [1.29, 1.82) is 0 Å². The van der Waals surface area contributed by atoms with Crippen molar-refractivity contribution < 1.29 is 29.3 Å². The minimum Gasteiger partial charge on any atom is -0.507 e. The van der Waals surface area contributed by atoms with Gasteiger partial charge in [-0.2, -0.15) is 0 Å². The zero-order valence-electron chi connectivity index (χ0n) is 16.0. The lowest BCUT2D eigenvalue weighted by atomic mass is 9.93. The van der Waals surface area contributed by atoms with Crippen LogP contribution in [0.25, 0.3) is 0 Å². The minimum atomic E-state index is -0.735. The van der Waals surface area contributed by atoms with E-state index in [0.717, 1.165) is 0 Å². The lowest BCUT2D eigenvalue weighted by molar-refractivity contribution is 0.0933. The van der Waals surface area contributed by atoms with Gasteiger partial charge in [-0.25, -0.2) is 4.79 Å². The molecule has 27 heavy (non-hydrogen) atoms. The molecule has 0 aliphatic rings. The van der Waals surface area contributed by atoms with Crippen LogP contribution in [0.3, 0.4) is 0 Å². The molecule has 146 valence electrons. The number of hydrogen-bond donors (Lipinski definition) is 3. The Kier molecular flexibility index (Phi) is 5.83. The number of aromatic hydroxyl groups is 3. The molecule has 2 rings (SSSR count). The number of phenols is 2. The molecule has 2 aromatic rings. The van der Waals surface area contributed by atoms with Crippen LogP contribution >= 0.6 is 0 Å². The highest BCUT2D eigenvalue weighted by atomic mass is 16.5. The molecule has 0 saturated carbocycles. The summed E-state index contributed by atoms with van der Waals surface area (Å²) in [5, 5.41) is 31.2. The highest BCUT2D eigenvalue weighted by Gasteiger charge is 2.27. The molecule has 0 spiro atoms. The second kappa shape index (κ2) is 7.73. The SMILES string of the molecule is CCc1oc(=O)c(Cc2c(OC)cc(O)c(C(=O)C(C)C)c2O)c(O)c1C. The number of aryl methyl sites for hydroxylation is 1. The van der Waals surface area contributed by atoms with Crippen molar-refractivity contribution in [3.63, 3.8) is 0 Å². The maximum Gasteiger partial charge on any atom is 0.343 e. The van der Waals surface area contributed by atoms with Gasteiger partial charge < -0.3 is 24.5 Å². The first-order valence-corrected chi connectivity index (χ1v) is 8.64.